The number of rotatable bonds is 55. The Morgan fingerprint density at radius 3 is 0.918 bits per heavy atom. The zero-order valence-electron chi connectivity index (χ0n) is 47.9. The van der Waals surface area contributed by atoms with Gasteiger partial charge < -0.3 is 14.2 Å². The minimum Gasteiger partial charge on any atom is -0.462 e. The summed E-state index contributed by atoms with van der Waals surface area (Å²) in [5.41, 5.74) is 0. The summed E-state index contributed by atoms with van der Waals surface area (Å²) < 4.78 is 16.9. The van der Waals surface area contributed by atoms with Gasteiger partial charge in [0.15, 0.2) is 6.10 Å². The fraction of sp³-hybridized carbons (Fsp3) is 0.716. The van der Waals surface area contributed by atoms with E-state index in [2.05, 4.69) is 118 Å². The number of unbranched alkanes of at least 4 members (excludes halogenated alkanes) is 28. The summed E-state index contributed by atoms with van der Waals surface area (Å²) in [6, 6.07) is 0. The average Bonchev–Trinajstić information content (AvgIpc) is 3.39. The van der Waals surface area contributed by atoms with Crippen molar-refractivity contribution < 1.29 is 28.6 Å². The fourth-order valence-corrected chi connectivity index (χ4v) is 8.49. The van der Waals surface area contributed by atoms with Gasteiger partial charge in [-0.3, -0.25) is 14.4 Å². The number of carbonyl (C=O) groups excluding carboxylic acids is 3. The molecule has 73 heavy (non-hydrogen) atoms. The van der Waals surface area contributed by atoms with Gasteiger partial charge in [-0.25, -0.2) is 0 Å². The molecule has 0 aliphatic heterocycles. The van der Waals surface area contributed by atoms with Crippen LogP contribution in [0.25, 0.3) is 0 Å². The number of esters is 3. The first-order valence-electron chi connectivity index (χ1n) is 30.7. The second kappa shape index (κ2) is 60.9. The van der Waals surface area contributed by atoms with E-state index in [4.69, 9.17) is 14.2 Å². The third-order valence-corrected chi connectivity index (χ3v) is 13.1. The van der Waals surface area contributed by atoms with Crippen molar-refractivity contribution >= 4 is 17.9 Å². The Balaban J connectivity index is 4.47. The Labute approximate surface area is 451 Å². The molecule has 6 nitrogen and oxygen atoms in total. The average molecular weight is 1020 g/mol. The molecule has 0 saturated carbocycles. The monoisotopic (exact) mass is 1010 g/mol. The van der Waals surface area contributed by atoms with E-state index in [1.54, 1.807) is 0 Å². The van der Waals surface area contributed by atoms with Crippen molar-refractivity contribution in [2.24, 2.45) is 0 Å². The largest absolute Gasteiger partial charge is 0.462 e. The standard InChI is InChI=1S/C67H114O6/c1-4-7-10-13-16-19-22-25-28-31-33-36-39-42-45-48-51-54-57-60-66(69)72-63-64(62-71-65(68)59-56-53-50-47-44-41-38-35-30-27-24-21-18-15-12-9-6-3)73-67(70)61-58-55-52-49-46-43-40-37-34-32-29-26-23-20-17-14-11-8-5-2/h9,12,16,18-19,21,25,27-28,30,33,36,38,41,47,50,64H,4-8,10-11,13-15,17,20,22-24,26,29,31-32,34-35,37,39-40,42-46,48-49,51-63H2,1-3H3/b12-9-,19-16-,21-18-,28-25-,30-27-,36-33-,41-38-,50-47-. The van der Waals surface area contributed by atoms with E-state index in [1.165, 1.54) is 148 Å². The second-order valence-corrected chi connectivity index (χ2v) is 20.2. The molecule has 0 aliphatic carbocycles. The van der Waals surface area contributed by atoms with E-state index in [9.17, 15) is 14.4 Å². The maximum Gasteiger partial charge on any atom is 0.306 e. The van der Waals surface area contributed by atoms with Gasteiger partial charge in [0, 0.05) is 19.3 Å². The molecule has 6 heteroatoms. The topological polar surface area (TPSA) is 78.9 Å². The van der Waals surface area contributed by atoms with Crippen molar-refractivity contribution in [1.82, 2.24) is 0 Å². The van der Waals surface area contributed by atoms with E-state index in [1.807, 2.05) is 0 Å². The van der Waals surface area contributed by atoms with E-state index < -0.39 is 6.10 Å². The van der Waals surface area contributed by atoms with Gasteiger partial charge in [0.25, 0.3) is 0 Å². The maximum atomic E-state index is 12.9. The Morgan fingerprint density at radius 1 is 0.288 bits per heavy atom. The molecule has 0 rings (SSSR count). The van der Waals surface area contributed by atoms with Crippen LogP contribution >= 0.6 is 0 Å². The first kappa shape index (κ1) is 69.3. The highest BCUT2D eigenvalue weighted by Crippen LogP contribution is 2.16. The zero-order valence-corrected chi connectivity index (χ0v) is 47.9. The van der Waals surface area contributed by atoms with Crippen molar-refractivity contribution in [2.75, 3.05) is 13.2 Å². The Kier molecular flexibility index (Phi) is 57.8. The van der Waals surface area contributed by atoms with Crippen LogP contribution < -0.4 is 0 Å². The summed E-state index contributed by atoms with van der Waals surface area (Å²) in [4.78, 5) is 38.3. The van der Waals surface area contributed by atoms with Gasteiger partial charge in [-0.05, 0) is 96.3 Å². The highest BCUT2D eigenvalue weighted by Gasteiger charge is 2.19. The molecule has 0 bridgehead atoms. The molecule has 418 valence electrons. The molecule has 0 fully saturated rings. The zero-order chi connectivity index (χ0) is 52.9. The third kappa shape index (κ3) is 59.1. The SMILES string of the molecule is CC/C=C\C/C=C\C/C=C\C/C=C\C/C=C\CCCC(=O)OCC(COC(=O)CCCCCCCC/C=C\C/C=C\C/C=C\CCCCC)OC(=O)CCCCCCCCCCCCCCCCCCCCC. The van der Waals surface area contributed by atoms with Crippen LogP contribution in [0.4, 0.5) is 0 Å². The highest BCUT2D eigenvalue weighted by atomic mass is 16.6. The summed E-state index contributed by atoms with van der Waals surface area (Å²) in [5, 5.41) is 0. The van der Waals surface area contributed by atoms with E-state index in [0.29, 0.717) is 19.3 Å². The van der Waals surface area contributed by atoms with Crippen LogP contribution in [0.1, 0.15) is 290 Å². The minimum absolute atomic E-state index is 0.101. The number of hydrogen-bond acceptors (Lipinski definition) is 6. The molecule has 0 aromatic heterocycles. The van der Waals surface area contributed by atoms with Crippen molar-refractivity contribution in [3.8, 4) is 0 Å². The number of ether oxygens (including phenoxy) is 3. The number of carbonyl (C=O) groups is 3. The Hall–Kier alpha value is -3.67. The summed E-state index contributed by atoms with van der Waals surface area (Å²) >= 11 is 0. The lowest BCUT2D eigenvalue weighted by molar-refractivity contribution is -0.167. The van der Waals surface area contributed by atoms with E-state index >= 15 is 0 Å². The molecule has 0 N–H and O–H groups in total. The van der Waals surface area contributed by atoms with Crippen molar-refractivity contribution in [2.45, 2.75) is 297 Å². The van der Waals surface area contributed by atoms with Crippen molar-refractivity contribution in [3.63, 3.8) is 0 Å². The van der Waals surface area contributed by atoms with Crippen LogP contribution in [-0.2, 0) is 28.6 Å². The second-order valence-electron chi connectivity index (χ2n) is 20.2. The van der Waals surface area contributed by atoms with Gasteiger partial charge in [0.2, 0.25) is 0 Å². The fourth-order valence-electron chi connectivity index (χ4n) is 8.49. The van der Waals surface area contributed by atoms with Crippen LogP contribution in [0.2, 0.25) is 0 Å². The molecule has 1 atom stereocenters. The predicted molar refractivity (Wildman–Crippen MR) is 316 cm³/mol. The van der Waals surface area contributed by atoms with E-state index in [-0.39, 0.29) is 37.5 Å². The van der Waals surface area contributed by atoms with Crippen molar-refractivity contribution in [3.05, 3.63) is 97.2 Å². The molecule has 0 spiro atoms. The molecule has 1 unspecified atom stereocenters. The smallest absolute Gasteiger partial charge is 0.306 e. The Morgan fingerprint density at radius 2 is 0.548 bits per heavy atom. The summed E-state index contributed by atoms with van der Waals surface area (Å²) in [7, 11) is 0. The van der Waals surface area contributed by atoms with Gasteiger partial charge in [-0.2, -0.15) is 0 Å². The molecule has 0 aromatic rings. The molecule has 0 radical (unpaired) electrons. The minimum atomic E-state index is -0.806. The molecule has 0 saturated heterocycles. The van der Waals surface area contributed by atoms with Crippen LogP contribution in [0.3, 0.4) is 0 Å². The van der Waals surface area contributed by atoms with Crippen LogP contribution in [-0.4, -0.2) is 37.2 Å². The molecular weight excluding hydrogens is 901 g/mol. The number of allylic oxidation sites excluding steroid dienone is 16. The maximum absolute atomic E-state index is 12.9. The molecule has 0 heterocycles. The van der Waals surface area contributed by atoms with Crippen LogP contribution in [0.5, 0.6) is 0 Å². The lowest BCUT2D eigenvalue weighted by Gasteiger charge is -2.18. The molecule has 0 aromatic carbocycles. The number of hydrogen-bond donors (Lipinski definition) is 0. The van der Waals surface area contributed by atoms with Gasteiger partial charge in [-0.1, -0.05) is 272 Å². The van der Waals surface area contributed by atoms with Crippen molar-refractivity contribution in [1.29, 1.82) is 0 Å². The van der Waals surface area contributed by atoms with Gasteiger partial charge in [-0.15, -0.1) is 0 Å². The molecule has 0 aliphatic rings. The molecule has 0 amide bonds. The first-order chi connectivity index (χ1) is 36.0. The lowest BCUT2D eigenvalue weighted by atomic mass is 10.0. The third-order valence-electron chi connectivity index (χ3n) is 13.1. The summed E-state index contributed by atoms with van der Waals surface area (Å²) in [5.74, 6) is -0.963. The van der Waals surface area contributed by atoms with Gasteiger partial charge >= 0.3 is 17.9 Å². The molecular formula is C67H114O6. The Bertz CT molecular complexity index is 1440. The van der Waals surface area contributed by atoms with Crippen LogP contribution in [0, 0.1) is 0 Å². The van der Waals surface area contributed by atoms with Gasteiger partial charge in [0.05, 0.1) is 0 Å². The predicted octanol–water partition coefficient (Wildman–Crippen LogP) is 20.9. The summed E-state index contributed by atoms with van der Waals surface area (Å²) in [6.45, 7) is 6.47. The van der Waals surface area contributed by atoms with Crippen LogP contribution in [0.15, 0.2) is 97.2 Å². The lowest BCUT2D eigenvalue weighted by Crippen LogP contribution is -2.30. The summed E-state index contributed by atoms with van der Waals surface area (Å²) in [6.07, 6.45) is 81.2. The highest BCUT2D eigenvalue weighted by molar-refractivity contribution is 5.71. The van der Waals surface area contributed by atoms with E-state index in [0.717, 1.165) is 96.3 Å². The first-order valence-corrected chi connectivity index (χ1v) is 30.7. The normalized spacial score (nSPS) is 12.8. The quantitative estimate of drug-likeness (QED) is 0.0261. The van der Waals surface area contributed by atoms with Gasteiger partial charge in [0.1, 0.15) is 13.2 Å².